The summed E-state index contributed by atoms with van der Waals surface area (Å²) in [5, 5.41) is 0. The lowest BCUT2D eigenvalue weighted by Crippen LogP contribution is -1.96. The Morgan fingerprint density at radius 2 is 0.620 bits per heavy atom. The molecule has 0 aliphatic rings. The van der Waals surface area contributed by atoms with Gasteiger partial charge in [-0.1, -0.05) is 170 Å². The van der Waals surface area contributed by atoms with Crippen LogP contribution in [0.2, 0.25) is 0 Å². The zero-order chi connectivity index (χ0) is 33.5. The van der Waals surface area contributed by atoms with E-state index in [-0.39, 0.29) is 0 Å². The summed E-state index contributed by atoms with van der Waals surface area (Å²) < 4.78 is 0. The van der Waals surface area contributed by atoms with Crippen LogP contribution in [0.1, 0.15) is 11.1 Å². The van der Waals surface area contributed by atoms with Gasteiger partial charge in [-0.15, -0.1) is 0 Å². The number of aryl methyl sites for hydroxylation is 2. The van der Waals surface area contributed by atoms with Crippen LogP contribution >= 0.6 is 0 Å². The molecule has 8 aromatic rings. The Balaban J connectivity index is 1.09. The molecule has 238 valence electrons. The van der Waals surface area contributed by atoms with Gasteiger partial charge in [0.1, 0.15) is 0 Å². The van der Waals surface area contributed by atoms with E-state index in [1.165, 1.54) is 38.9 Å². The molecule has 0 spiro atoms. The predicted octanol–water partition coefficient (Wildman–Crippen LogP) is 12.3. The van der Waals surface area contributed by atoms with Gasteiger partial charge in [0.2, 0.25) is 0 Å². The summed E-state index contributed by atoms with van der Waals surface area (Å²) in [7, 11) is 0. The minimum absolute atomic E-state index is 0.718. The van der Waals surface area contributed by atoms with Crippen LogP contribution in [-0.4, -0.2) is 9.97 Å². The van der Waals surface area contributed by atoms with Crippen LogP contribution in [-0.2, 0) is 12.8 Å². The van der Waals surface area contributed by atoms with E-state index in [1.54, 1.807) is 0 Å². The Morgan fingerprint density at radius 1 is 0.260 bits per heavy atom. The molecule has 0 amide bonds. The topological polar surface area (TPSA) is 25.8 Å². The molecule has 50 heavy (non-hydrogen) atoms. The second-order valence-corrected chi connectivity index (χ2v) is 12.6. The van der Waals surface area contributed by atoms with Crippen LogP contribution in [0.3, 0.4) is 0 Å². The summed E-state index contributed by atoms with van der Waals surface area (Å²) in [6, 6.07) is 68.7. The molecule has 0 saturated heterocycles. The maximum absolute atomic E-state index is 5.06. The van der Waals surface area contributed by atoms with Crippen molar-refractivity contribution >= 4 is 0 Å². The van der Waals surface area contributed by atoms with Gasteiger partial charge in [-0.25, -0.2) is 9.97 Å². The smallest absolute Gasteiger partial charge is 0.160 e. The van der Waals surface area contributed by atoms with Gasteiger partial charge in [0, 0.05) is 16.7 Å². The molecule has 0 bridgehead atoms. The number of rotatable bonds is 9. The lowest BCUT2D eigenvalue weighted by atomic mass is 9.94. The van der Waals surface area contributed by atoms with E-state index in [1.807, 2.05) is 36.4 Å². The van der Waals surface area contributed by atoms with Crippen molar-refractivity contribution in [2.24, 2.45) is 0 Å². The third-order valence-corrected chi connectivity index (χ3v) is 9.18. The molecule has 2 heteroatoms. The minimum atomic E-state index is 0.718. The van der Waals surface area contributed by atoms with Crippen LogP contribution in [0, 0.1) is 0 Å². The molecule has 0 saturated carbocycles. The molecule has 1 heterocycles. The van der Waals surface area contributed by atoms with Crippen LogP contribution < -0.4 is 0 Å². The Morgan fingerprint density at radius 3 is 1.18 bits per heavy atom. The van der Waals surface area contributed by atoms with E-state index in [0.717, 1.165) is 52.3 Å². The van der Waals surface area contributed by atoms with Crippen molar-refractivity contribution in [1.29, 1.82) is 0 Å². The largest absolute Gasteiger partial charge is 0.228 e. The van der Waals surface area contributed by atoms with E-state index >= 15 is 0 Å². The summed E-state index contributed by atoms with van der Waals surface area (Å²) in [4.78, 5) is 10.0. The van der Waals surface area contributed by atoms with E-state index in [4.69, 9.17) is 9.97 Å². The highest BCUT2D eigenvalue weighted by atomic mass is 14.9. The molecular weight excluding hydrogens is 605 g/mol. The van der Waals surface area contributed by atoms with Gasteiger partial charge >= 0.3 is 0 Å². The monoisotopic (exact) mass is 640 g/mol. The number of aromatic nitrogens is 2. The standard InChI is InChI=1S/C48H36N2/c1-4-14-35(15-5-1)28-29-36-16-10-21-39(30-36)40-22-11-23-41(31-40)42-24-12-25-43(32-42)44-26-13-27-45(33-44)47-34-46(37-17-6-2-7-18-37)49-48(50-47)38-19-8-3-9-20-38/h1-27,30-34H,28-29H2. The normalized spacial score (nSPS) is 11.0. The maximum atomic E-state index is 5.06. The van der Waals surface area contributed by atoms with Crippen molar-refractivity contribution in [3.05, 3.63) is 205 Å². The lowest BCUT2D eigenvalue weighted by molar-refractivity contribution is 0.961. The first-order chi connectivity index (χ1) is 24.7. The predicted molar refractivity (Wildman–Crippen MR) is 208 cm³/mol. The first-order valence-corrected chi connectivity index (χ1v) is 17.2. The Labute approximate surface area is 294 Å². The quantitative estimate of drug-likeness (QED) is 0.157. The van der Waals surface area contributed by atoms with Crippen LogP contribution in [0.5, 0.6) is 0 Å². The van der Waals surface area contributed by atoms with Gasteiger partial charge in [0.15, 0.2) is 5.82 Å². The molecule has 0 radical (unpaired) electrons. The third kappa shape index (κ3) is 7.06. The second-order valence-electron chi connectivity index (χ2n) is 12.6. The second kappa shape index (κ2) is 14.4. The van der Waals surface area contributed by atoms with Crippen molar-refractivity contribution in [1.82, 2.24) is 9.97 Å². The highest BCUT2D eigenvalue weighted by Gasteiger charge is 2.12. The Kier molecular flexibility index (Phi) is 8.90. The number of hydrogen-bond acceptors (Lipinski definition) is 2. The molecule has 7 aromatic carbocycles. The summed E-state index contributed by atoms with van der Waals surface area (Å²) in [6.45, 7) is 0. The fraction of sp³-hybridized carbons (Fsp3) is 0.0417. The molecule has 0 atom stereocenters. The first kappa shape index (κ1) is 30.9. The highest BCUT2D eigenvalue weighted by Crippen LogP contribution is 2.33. The minimum Gasteiger partial charge on any atom is -0.228 e. The maximum Gasteiger partial charge on any atom is 0.160 e. The van der Waals surface area contributed by atoms with Crippen molar-refractivity contribution in [3.63, 3.8) is 0 Å². The fourth-order valence-electron chi connectivity index (χ4n) is 6.52. The molecule has 0 unspecified atom stereocenters. The van der Waals surface area contributed by atoms with Gasteiger partial charge in [-0.05, 0) is 81.6 Å². The van der Waals surface area contributed by atoms with Crippen LogP contribution in [0.25, 0.3) is 67.3 Å². The Bertz CT molecular complexity index is 2310. The average molecular weight is 641 g/mol. The third-order valence-electron chi connectivity index (χ3n) is 9.18. The summed E-state index contributed by atoms with van der Waals surface area (Å²) >= 11 is 0. The van der Waals surface area contributed by atoms with Gasteiger partial charge < -0.3 is 0 Å². The van der Waals surface area contributed by atoms with Crippen molar-refractivity contribution in [2.75, 3.05) is 0 Å². The molecule has 0 aliphatic carbocycles. The first-order valence-electron chi connectivity index (χ1n) is 17.2. The Hall–Kier alpha value is -6.38. The van der Waals surface area contributed by atoms with E-state index in [2.05, 4.69) is 158 Å². The van der Waals surface area contributed by atoms with E-state index < -0.39 is 0 Å². The summed E-state index contributed by atoms with van der Waals surface area (Å²) in [5.41, 5.74) is 14.8. The molecule has 2 nitrogen and oxygen atoms in total. The number of benzene rings is 7. The van der Waals surface area contributed by atoms with Crippen LogP contribution in [0.4, 0.5) is 0 Å². The average Bonchev–Trinajstić information content (AvgIpc) is 3.21. The SMILES string of the molecule is c1ccc(CCc2cccc(-c3cccc(-c4cccc(-c5cccc(-c6cc(-c7ccccc7)nc(-c7ccccc7)n6)c5)c4)c3)c2)cc1. The van der Waals surface area contributed by atoms with E-state index in [0.29, 0.717) is 0 Å². The zero-order valence-corrected chi connectivity index (χ0v) is 27.8. The van der Waals surface area contributed by atoms with Crippen molar-refractivity contribution in [2.45, 2.75) is 12.8 Å². The highest BCUT2D eigenvalue weighted by molar-refractivity contribution is 5.80. The summed E-state index contributed by atoms with van der Waals surface area (Å²) in [5.74, 6) is 0.718. The van der Waals surface area contributed by atoms with E-state index in [9.17, 15) is 0 Å². The lowest BCUT2D eigenvalue weighted by Gasteiger charge is -2.12. The van der Waals surface area contributed by atoms with Gasteiger partial charge in [0.25, 0.3) is 0 Å². The molecular formula is C48H36N2. The molecule has 1 aromatic heterocycles. The van der Waals surface area contributed by atoms with Crippen LogP contribution in [0.15, 0.2) is 194 Å². The molecule has 0 fully saturated rings. The number of nitrogens with zero attached hydrogens (tertiary/aromatic N) is 2. The molecule has 0 N–H and O–H groups in total. The van der Waals surface area contributed by atoms with Gasteiger partial charge in [0.05, 0.1) is 11.4 Å². The zero-order valence-electron chi connectivity index (χ0n) is 27.8. The number of hydrogen-bond donors (Lipinski definition) is 0. The van der Waals surface area contributed by atoms with Crippen molar-refractivity contribution < 1.29 is 0 Å². The van der Waals surface area contributed by atoms with Gasteiger partial charge in [-0.2, -0.15) is 0 Å². The molecule has 8 rings (SSSR count). The van der Waals surface area contributed by atoms with Gasteiger partial charge in [-0.3, -0.25) is 0 Å². The molecule has 0 aliphatic heterocycles. The summed E-state index contributed by atoms with van der Waals surface area (Å²) in [6.07, 6.45) is 2.06. The van der Waals surface area contributed by atoms with Crippen molar-refractivity contribution in [3.8, 4) is 67.3 Å². The fourth-order valence-corrected chi connectivity index (χ4v) is 6.52.